The van der Waals surface area contributed by atoms with Crippen LogP contribution < -0.4 is 5.32 Å². The number of imidazole rings is 1. The first-order valence-corrected chi connectivity index (χ1v) is 9.58. The SMILES string of the molecule is CCn1c(CCc2ccc(NC(=O)C3CCC3)cc2)nc2ccccc21. The van der Waals surface area contributed by atoms with Crippen LogP contribution in [-0.4, -0.2) is 15.5 Å². The molecule has 3 aromatic rings. The van der Waals surface area contributed by atoms with Crippen LogP contribution in [0, 0.1) is 5.92 Å². The smallest absolute Gasteiger partial charge is 0.227 e. The molecule has 0 radical (unpaired) electrons. The molecule has 134 valence electrons. The van der Waals surface area contributed by atoms with Gasteiger partial charge in [0.2, 0.25) is 5.91 Å². The average Bonchev–Trinajstić information content (AvgIpc) is 2.97. The fourth-order valence-electron chi connectivity index (χ4n) is 3.59. The highest BCUT2D eigenvalue weighted by Crippen LogP contribution is 2.27. The molecule has 0 spiro atoms. The predicted molar refractivity (Wildman–Crippen MR) is 105 cm³/mol. The summed E-state index contributed by atoms with van der Waals surface area (Å²) in [7, 11) is 0. The second-order valence-electron chi connectivity index (χ2n) is 7.08. The van der Waals surface area contributed by atoms with Crippen LogP contribution in [0.3, 0.4) is 0 Å². The van der Waals surface area contributed by atoms with Crippen molar-refractivity contribution in [2.24, 2.45) is 5.92 Å². The molecule has 0 aliphatic heterocycles. The molecule has 4 rings (SSSR count). The molecule has 4 heteroatoms. The van der Waals surface area contributed by atoms with Crippen LogP contribution in [0.15, 0.2) is 48.5 Å². The predicted octanol–water partition coefficient (Wildman–Crippen LogP) is 4.58. The number of aromatic nitrogens is 2. The fourth-order valence-corrected chi connectivity index (χ4v) is 3.59. The summed E-state index contributed by atoms with van der Waals surface area (Å²) in [6, 6.07) is 16.5. The maximum Gasteiger partial charge on any atom is 0.227 e. The zero-order valence-electron chi connectivity index (χ0n) is 15.2. The molecule has 2 aromatic carbocycles. The van der Waals surface area contributed by atoms with Gasteiger partial charge in [0.05, 0.1) is 11.0 Å². The van der Waals surface area contributed by atoms with E-state index in [0.29, 0.717) is 0 Å². The van der Waals surface area contributed by atoms with Gasteiger partial charge in [-0.2, -0.15) is 0 Å². The van der Waals surface area contributed by atoms with Crippen LogP contribution in [0.2, 0.25) is 0 Å². The van der Waals surface area contributed by atoms with E-state index in [4.69, 9.17) is 4.98 Å². The van der Waals surface area contributed by atoms with Gasteiger partial charge < -0.3 is 9.88 Å². The van der Waals surface area contributed by atoms with Crippen molar-refractivity contribution in [3.8, 4) is 0 Å². The number of rotatable bonds is 6. The maximum atomic E-state index is 12.0. The van der Waals surface area contributed by atoms with E-state index in [1.165, 1.54) is 17.5 Å². The molecule has 26 heavy (non-hydrogen) atoms. The standard InChI is InChI=1S/C22H25N3O/c1-2-25-20-9-4-3-8-19(20)24-21(25)15-12-16-10-13-18(14-11-16)23-22(26)17-6-5-7-17/h3-4,8-11,13-14,17H,2,5-7,12,15H2,1H3,(H,23,26). The molecular weight excluding hydrogens is 322 g/mol. The lowest BCUT2D eigenvalue weighted by Crippen LogP contribution is -2.27. The van der Waals surface area contributed by atoms with Crippen LogP contribution in [0.5, 0.6) is 0 Å². The number of aryl methyl sites for hydroxylation is 3. The lowest BCUT2D eigenvalue weighted by molar-refractivity contribution is -0.122. The highest BCUT2D eigenvalue weighted by Gasteiger charge is 2.25. The summed E-state index contributed by atoms with van der Waals surface area (Å²) in [6.07, 6.45) is 5.10. The molecule has 1 fully saturated rings. The number of anilines is 1. The van der Waals surface area contributed by atoms with Gasteiger partial charge in [-0.05, 0) is 56.0 Å². The first-order chi connectivity index (χ1) is 12.7. The third-order valence-electron chi connectivity index (χ3n) is 5.38. The van der Waals surface area contributed by atoms with E-state index in [9.17, 15) is 4.79 Å². The molecule has 1 amide bonds. The maximum absolute atomic E-state index is 12.0. The number of nitrogens with one attached hydrogen (secondary N) is 1. The third kappa shape index (κ3) is 3.36. The Hall–Kier alpha value is -2.62. The Bertz CT molecular complexity index is 907. The van der Waals surface area contributed by atoms with Crippen LogP contribution in [-0.2, 0) is 24.2 Å². The molecule has 0 unspecified atom stereocenters. The molecule has 1 aliphatic rings. The van der Waals surface area contributed by atoms with Crippen LogP contribution in [0.1, 0.15) is 37.6 Å². The molecule has 0 bridgehead atoms. The summed E-state index contributed by atoms with van der Waals surface area (Å²) >= 11 is 0. The first-order valence-electron chi connectivity index (χ1n) is 9.58. The van der Waals surface area contributed by atoms with Crippen molar-refractivity contribution in [3.05, 3.63) is 59.9 Å². The van der Waals surface area contributed by atoms with E-state index in [1.54, 1.807) is 0 Å². The summed E-state index contributed by atoms with van der Waals surface area (Å²) < 4.78 is 2.29. The zero-order valence-corrected chi connectivity index (χ0v) is 15.2. The number of carbonyl (C=O) groups is 1. The number of hydrogen-bond acceptors (Lipinski definition) is 2. The van der Waals surface area contributed by atoms with Crippen LogP contribution >= 0.6 is 0 Å². The molecular formula is C22H25N3O. The fraction of sp³-hybridized carbons (Fsp3) is 0.364. The minimum absolute atomic E-state index is 0.167. The number of nitrogens with zero attached hydrogens (tertiary/aromatic N) is 2. The Morgan fingerprint density at radius 1 is 1.12 bits per heavy atom. The molecule has 0 saturated heterocycles. The number of carbonyl (C=O) groups excluding carboxylic acids is 1. The van der Waals surface area contributed by atoms with Crippen molar-refractivity contribution < 1.29 is 4.79 Å². The third-order valence-corrected chi connectivity index (χ3v) is 5.38. The minimum atomic E-state index is 0.167. The summed E-state index contributed by atoms with van der Waals surface area (Å²) in [5.41, 5.74) is 4.44. The number of fused-ring (bicyclic) bond motifs is 1. The monoisotopic (exact) mass is 347 g/mol. The van der Waals surface area contributed by atoms with Gasteiger partial charge in [-0.25, -0.2) is 4.98 Å². The summed E-state index contributed by atoms with van der Waals surface area (Å²) in [5, 5.41) is 3.03. The molecule has 1 heterocycles. The Kier molecular flexibility index (Phi) is 4.74. The molecule has 0 atom stereocenters. The Morgan fingerprint density at radius 3 is 2.58 bits per heavy atom. The molecule has 4 nitrogen and oxygen atoms in total. The van der Waals surface area contributed by atoms with Gasteiger partial charge in [-0.3, -0.25) is 4.79 Å². The van der Waals surface area contributed by atoms with Gasteiger partial charge in [-0.1, -0.05) is 30.7 Å². The van der Waals surface area contributed by atoms with Crippen molar-refractivity contribution in [1.29, 1.82) is 0 Å². The molecule has 1 aliphatic carbocycles. The van der Waals surface area contributed by atoms with Gasteiger partial charge in [0.1, 0.15) is 5.82 Å². The van der Waals surface area contributed by atoms with E-state index in [1.807, 2.05) is 18.2 Å². The van der Waals surface area contributed by atoms with E-state index >= 15 is 0 Å². The number of hydrogen-bond donors (Lipinski definition) is 1. The molecule has 1 saturated carbocycles. The van der Waals surface area contributed by atoms with Crippen molar-refractivity contribution in [2.45, 2.75) is 45.6 Å². The van der Waals surface area contributed by atoms with Gasteiger partial charge in [0.15, 0.2) is 0 Å². The number of benzene rings is 2. The Labute approximate surface area is 154 Å². The second-order valence-corrected chi connectivity index (χ2v) is 7.08. The van der Waals surface area contributed by atoms with E-state index in [0.717, 1.165) is 49.3 Å². The normalized spacial score (nSPS) is 14.3. The summed E-state index contributed by atoms with van der Waals surface area (Å²) in [4.78, 5) is 16.8. The van der Waals surface area contributed by atoms with E-state index in [-0.39, 0.29) is 11.8 Å². The molecule has 1 aromatic heterocycles. The van der Waals surface area contributed by atoms with Crippen LogP contribution in [0.25, 0.3) is 11.0 Å². The number of amides is 1. The van der Waals surface area contributed by atoms with Gasteiger partial charge in [0.25, 0.3) is 0 Å². The second kappa shape index (κ2) is 7.32. The van der Waals surface area contributed by atoms with Crippen molar-refractivity contribution in [3.63, 3.8) is 0 Å². The van der Waals surface area contributed by atoms with Crippen molar-refractivity contribution in [1.82, 2.24) is 9.55 Å². The lowest BCUT2D eigenvalue weighted by Gasteiger charge is -2.24. The zero-order chi connectivity index (χ0) is 17.9. The van der Waals surface area contributed by atoms with Crippen LogP contribution in [0.4, 0.5) is 5.69 Å². The average molecular weight is 347 g/mol. The topological polar surface area (TPSA) is 46.9 Å². The van der Waals surface area contributed by atoms with Gasteiger partial charge >= 0.3 is 0 Å². The molecule has 1 N–H and O–H groups in total. The summed E-state index contributed by atoms with van der Waals surface area (Å²) in [5.74, 6) is 1.52. The minimum Gasteiger partial charge on any atom is -0.328 e. The summed E-state index contributed by atoms with van der Waals surface area (Å²) in [6.45, 7) is 3.10. The van der Waals surface area contributed by atoms with Gasteiger partial charge in [0, 0.05) is 24.6 Å². The lowest BCUT2D eigenvalue weighted by atomic mass is 9.85. The Balaban J connectivity index is 1.41. The number of para-hydroxylation sites is 2. The largest absolute Gasteiger partial charge is 0.328 e. The Morgan fingerprint density at radius 2 is 1.88 bits per heavy atom. The first kappa shape index (κ1) is 16.8. The highest BCUT2D eigenvalue weighted by molar-refractivity contribution is 5.93. The van der Waals surface area contributed by atoms with E-state index < -0.39 is 0 Å². The van der Waals surface area contributed by atoms with Crippen molar-refractivity contribution in [2.75, 3.05) is 5.32 Å². The van der Waals surface area contributed by atoms with Gasteiger partial charge in [-0.15, -0.1) is 0 Å². The highest BCUT2D eigenvalue weighted by atomic mass is 16.1. The van der Waals surface area contributed by atoms with Crippen molar-refractivity contribution >= 4 is 22.6 Å². The van der Waals surface area contributed by atoms with E-state index in [2.05, 4.69) is 47.1 Å². The quantitative estimate of drug-likeness (QED) is 0.709.